The van der Waals surface area contributed by atoms with Gasteiger partial charge in [-0.1, -0.05) is 31.5 Å². The van der Waals surface area contributed by atoms with E-state index in [-0.39, 0.29) is 42.9 Å². The fourth-order valence-corrected chi connectivity index (χ4v) is 3.95. The van der Waals surface area contributed by atoms with Crippen LogP contribution in [0.25, 0.3) is 0 Å². The highest BCUT2D eigenvalue weighted by molar-refractivity contribution is 5.85. The molecule has 1 unspecified atom stereocenters. The monoisotopic (exact) mass is 474 g/mol. The van der Waals surface area contributed by atoms with E-state index in [9.17, 15) is 9.59 Å². The van der Waals surface area contributed by atoms with Gasteiger partial charge in [0.2, 0.25) is 5.91 Å². The maximum Gasteiger partial charge on any atom is 0.407 e. The van der Waals surface area contributed by atoms with Crippen LogP contribution in [-0.2, 0) is 9.53 Å². The molecule has 31 heavy (non-hydrogen) atoms. The number of anilines is 1. The highest BCUT2D eigenvalue weighted by Gasteiger charge is 2.28. The Labute approximate surface area is 198 Å². The van der Waals surface area contributed by atoms with Gasteiger partial charge in [-0.25, -0.2) is 4.79 Å². The van der Waals surface area contributed by atoms with Crippen molar-refractivity contribution < 1.29 is 14.3 Å². The second-order valence-electron chi connectivity index (χ2n) is 7.87. The molecule has 2 fully saturated rings. The van der Waals surface area contributed by atoms with Gasteiger partial charge in [-0.3, -0.25) is 9.69 Å². The molecule has 0 aromatic heterocycles. The minimum atomic E-state index is -0.377. The van der Waals surface area contributed by atoms with Crippen molar-refractivity contribution in [2.24, 2.45) is 0 Å². The number of nitrogens with one attached hydrogen (secondary N) is 1. The summed E-state index contributed by atoms with van der Waals surface area (Å²) in [4.78, 5) is 30.8. The quantitative estimate of drug-likeness (QED) is 0.556. The lowest BCUT2D eigenvalue weighted by Gasteiger charge is -2.38. The number of halogens is 2. The Morgan fingerprint density at radius 2 is 1.77 bits per heavy atom. The predicted octanol–water partition coefficient (Wildman–Crippen LogP) is 3.17. The van der Waals surface area contributed by atoms with Crippen LogP contribution in [0.2, 0.25) is 0 Å². The Morgan fingerprint density at radius 3 is 2.39 bits per heavy atom. The molecule has 1 aromatic rings. The number of amides is 2. The van der Waals surface area contributed by atoms with Gasteiger partial charge in [-0.05, 0) is 25.0 Å². The number of hydrogen-bond acceptors (Lipinski definition) is 5. The first-order valence-corrected chi connectivity index (χ1v) is 10.9. The molecule has 1 atom stereocenters. The lowest BCUT2D eigenvalue weighted by atomic mass is 10.2. The van der Waals surface area contributed by atoms with E-state index in [0.29, 0.717) is 26.1 Å². The molecule has 176 valence electrons. The number of hydrogen-bond donors (Lipinski definition) is 1. The normalized spacial score (nSPS) is 17.5. The van der Waals surface area contributed by atoms with Gasteiger partial charge < -0.3 is 19.9 Å². The van der Waals surface area contributed by atoms with Gasteiger partial charge in [0.15, 0.2) is 0 Å². The first-order valence-electron chi connectivity index (χ1n) is 10.9. The number of rotatable bonds is 9. The van der Waals surface area contributed by atoms with E-state index >= 15 is 0 Å². The van der Waals surface area contributed by atoms with Gasteiger partial charge in [-0.2, -0.15) is 0 Å². The summed E-state index contributed by atoms with van der Waals surface area (Å²) in [6, 6.07) is 10.4. The molecule has 9 heteroatoms. The van der Waals surface area contributed by atoms with Crippen molar-refractivity contribution in [1.82, 2.24) is 15.1 Å². The number of unbranched alkanes of at least 4 members (excludes halogenated alkanes) is 1. The highest BCUT2D eigenvalue weighted by atomic mass is 35.5. The molecule has 2 aliphatic heterocycles. The number of alkyl carbamates (subject to hydrolysis) is 1. The Balaban J connectivity index is 0.00000240. The lowest BCUT2D eigenvalue weighted by Crippen LogP contribution is -2.51. The fourth-order valence-electron chi connectivity index (χ4n) is 3.95. The standard InChI is InChI=1S/C22H34N4O3.2ClH/c1-2-3-11-23-22(28)29-20(18-26-12-7-10-21(26)27)17-24-13-15-25(16-14-24)19-8-5-4-6-9-19;;/h4-6,8-9,20H,2-3,7,10-18H2,1H3,(H,23,28);2*1H. The van der Waals surface area contributed by atoms with Crippen LogP contribution < -0.4 is 10.2 Å². The molecule has 0 bridgehead atoms. The minimum absolute atomic E-state index is 0. The molecule has 0 spiro atoms. The van der Waals surface area contributed by atoms with Crippen LogP contribution in [0.3, 0.4) is 0 Å². The summed E-state index contributed by atoms with van der Waals surface area (Å²) in [6.07, 6.45) is 2.78. The van der Waals surface area contributed by atoms with Gasteiger partial charge >= 0.3 is 6.09 Å². The van der Waals surface area contributed by atoms with Gasteiger partial charge in [0, 0.05) is 57.9 Å². The Kier molecular flexibility index (Phi) is 12.7. The fraction of sp³-hybridized carbons (Fsp3) is 0.636. The summed E-state index contributed by atoms with van der Waals surface area (Å²) in [6.45, 7) is 8.35. The van der Waals surface area contributed by atoms with Crippen LogP contribution in [0.1, 0.15) is 32.6 Å². The predicted molar refractivity (Wildman–Crippen MR) is 129 cm³/mol. The van der Waals surface area contributed by atoms with Crippen LogP contribution in [0.4, 0.5) is 10.5 Å². The van der Waals surface area contributed by atoms with E-state index in [1.54, 1.807) is 0 Å². The van der Waals surface area contributed by atoms with Crippen molar-refractivity contribution in [3.8, 4) is 0 Å². The number of carbonyl (C=O) groups is 2. The zero-order valence-corrected chi connectivity index (χ0v) is 20.0. The first kappa shape index (κ1) is 27.3. The molecule has 0 saturated carbocycles. The summed E-state index contributed by atoms with van der Waals surface area (Å²) in [5, 5.41) is 2.82. The first-order chi connectivity index (χ1) is 14.2. The molecule has 3 rings (SSSR count). The van der Waals surface area contributed by atoms with Crippen molar-refractivity contribution in [2.75, 3.05) is 57.3 Å². The van der Waals surface area contributed by atoms with Crippen molar-refractivity contribution >= 4 is 42.5 Å². The molecule has 0 aliphatic carbocycles. The van der Waals surface area contributed by atoms with Crippen molar-refractivity contribution in [1.29, 1.82) is 0 Å². The van der Waals surface area contributed by atoms with E-state index in [1.807, 2.05) is 11.0 Å². The van der Waals surface area contributed by atoms with Crippen LogP contribution in [0.5, 0.6) is 0 Å². The average molecular weight is 475 g/mol. The van der Waals surface area contributed by atoms with Crippen molar-refractivity contribution in [3.05, 3.63) is 30.3 Å². The molecule has 2 heterocycles. The Morgan fingerprint density at radius 1 is 1.06 bits per heavy atom. The maximum atomic E-state index is 12.2. The number of benzene rings is 1. The van der Waals surface area contributed by atoms with E-state index in [1.165, 1.54) is 5.69 Å². The van der Waals surface area contributed by atoms with Crippen LogP contribution >= 0.6 is 24.8 Å². The maximum absolute atomic E-state index is 12.2. The summed E-state index contributed by atoms with van der Waals surface area (Å²) in [5.41, 5.74) is 1.25. The third-order valence-electron chi connectivity index (χ3n) is 5.62. The number of para-hydroxylation sites is 1. The van der Waals surface area contributed by atoms with Crippen LogP contribution in [-0.4, -0.2) is 80.3 Å². The van der Waals surface area contributed by atoms with E-state index in [2.05, 4.69) is 46.3 Å². The topological polar surface area (TPSA) is 65.1 Å². The van der Waals surface area contributed by atoms with E-state index < -0.39 is 0 Å². The zero-order valence-electron chi connectivity index (χ0n) is 18.3. The summed E-state index contributed by atoms with van der Waals surface area (Å²) >= 11 is 0. The zero-order chi connectivity index (χ0) is 20.5. The molecule has 1 aromatic carbocycles. The van der Waals surface area contributed by atoms with Gasteiger partial charge in [0.25, 0.3) is 0 Å². The Bertz CT molecular complexity index is 657. The number of piperazine rings is 1. The SMILES string of the molecule is CCCCNC(=O)OC(CN1CCN(c2ccccc2)CC1)CN1CCCC1=O.Cl.Cl. The molecule has 0 radical (unpaired) electrons. The number of nitrogens with zero attached hydrogens (tertiary/aromatic N) is 3. The molecular formula is C22H36Cl2N4O3. The largest absolute Gasteiger partial charge is 0.443 e. The third-order valence-corrected chi connectivity index (χ3v) is 5.62. The van der Waals surface area contributed by atoms with Gasteiger partial charge in [0.1, 0.15) is 6.10 Å². The lowest BCUT2D eigenvalue weighted by molar-refractivity contribution is -0.129. The molecule has 1 N–H and O–H groups in total. The molecule has 2 amide bonds. The second kappa shape index (κ2) is 14.4. The third kappa shape index (κ3) is 8.75. The molecule has 2 saturated heterocycles. The van der Waals surface area contributed by atoms with Crippen molar-refractivity contribution in [3.63, 3.8) is 0 Å². The van der Waals surface area contributed by atoms with Crippen LogP contribution in [0.15, 0.2) is 30.3 Å². The molecule has 7 nitrogen and oxygen atoms in total. The summed E-state index contributed by atoms with van der Waals surface area (Å²) in [5.74, 6) is 0.166. The van der Waals surface area contributed by atoms with E-state index in [0.717, 1.165) is 52.0 Å². The molecular weight excluding hydrogens is 439 g/mol. The minimum Gasteiger partial charge on any atom is -0.443 e. The number of carbonyl (C=O) groups excluding carboxylic acids is 2. The van der Waals surface area contributed by atoms with Gasteiger partial charge in [-0.15, -0.1) is 24.8 Å². The summed E-state index contributed by atoms with van der Waals surface area (Å²) in [7, 11) is 0. The van der Waals surface area contributed by atoms with Crippen LogP contribution in [0, 0.1) is 0 Å². The average Bonchev–Trinajstić information content (AvgIpc) is 3.14. The van der Waals surface area contributed by atoms with Crippen molar-refractivity contribution in [2.45, 2.75) is 38.7 Å². The number of likely N-dealkylation sites (tertiary alicyclic amines) is 1. The van der Waals surface area contributed by atoms with Gasteiger partial charge in [0.05, 0.1) is 6.54 Å². The highest BCUT2D eigenvalue weighted by Crippen LogP contribution is 2.17. The second-order valence-corrected chi connectivity index (χ2v) is 7.87. The Hall–Kier alpha value is -1.70. The smallest absolute Gasteiger partial charge is 0.407 e. The molecule has 2 aliphatic rings. The van der Waals surface area contributed by atoms with E-state index in [4.69, 9.17) is 4.74 Å². The number of ether oxygens (including phenoxy) is 1. The summed E-state index contributed by atoms with van der Waals surface area (Å²) < 4.78 is 5.72.